The maximum Gasteiger partial charge on any atom is 0.435 e. The minimum atomic E-state index is -4.78. The van der Waals surface area contributed by atoms with Gasteiger partial charge in [-0.15, -0.1) is 0 Å². The van der Waals surface area contributed by atoms with Crippen LogP contribution >= 0.6 is 0 Å². The summed E-state index contributed by atoms with van der Waals surface area (Å²) in [5.41, 5.74) is 1.95. The van der Waals surface area contributed by atoms with E-state index in [-0.39, 0.29) is 23.0 Å². The standard InChI is InChI=1S/C37H32F3N5O3/c1-47-32-16-15-28(19-33(32)48-23-25-7-3-2-4-8-25)35(42-22-24-13-14-24)27-10-6-11-29(18-27)43-36(46)31-20-34(37(38,39)40)44-45(31)30-12-5-9-26(17-30)21-41/h2-12,15-20,24,35,42H,13-14,22-23H2,1H3,(H,43,46). The highest BCUT2D eigenvalue weighted by Crippen LogP contribution is 2.36. The first-order valence-electron chi connectivity index (χ1n) is 15.4. The topological polar surface area (TPSA) is 101 Å². The second kappa shape index (κ2) is 14.0. The van der Waals surface area contributed by atoms with E-state index in [2.05, 4.69) is 15.7 Å². The number of carbonyl (C=O) groups excluding carboxylic acids is 1. The summed E-state index contributed by atoms with van der Waals surface area (Å²) in [5, 5.41) is 19.4. The summed E-state index contributed by atoms with van der Waals surface area (Å²) in [6.45, 7) is 1.14. The summed E-state index contributed by atoms with van der Waals surface area (Å²) < 4.78 is 53.7. The van der Waals surface area contributed by atoms with Gasteiger partial charge in [0.05, 0.1) is 30.5 Å². The molecule has 8 nitrogen and oxygen atoms in total. The summed E-state index contributed by atoms with van der Waals surface area (Å²) in [4.78, 5) is 13.5. The molecule has 0 spiro atoms. The van der Waals surface area contributed by atoms with Crippen molar-refractivity contribution in [1.82, 2.24) is 15.1 Å². The number of anilines is 1. The molecule has 1 amide bonds. The lowest BCUT2D eigenvalue weighted by Gasteiger charge is -2.22. The molecular weight excluding hydrogens is 619 g/mol. The van der Waals surface area contributed by atoms with E-state index in [9.17, 15) is 23.2 Å². The third kappa shape index (κ3) is 7.67. The summed E-state index contributed by atoms with van der Waals surface area (Å²) in [6.07, 6.45) is -2.49. The van der Waals surface area contributed by atoms with Gasteiger partial charge in [0, 0.05) is 11.8 Å². The Hall–Kier alpha value is -5.60. The third-order valence-electron chi connectivity index (χ3n) is 8.00. The average Bonchev–Trinajstić information content (AvgIpc) is 3.81. The van der Waals surface area contributed by atoms with Crippen molar-refractivity contribution in [2.45, 2.75) is 31.7 Å². The van der Waals surface area contributed by atoms with E-state index in [4.69, 9.17) is 9.47 Å². The monoisotopic (exact) mass is 651 g/mol. The number of aromatic nitrogens is 2. The molecule has 1 heterocycles. The molecule has 1 saturated carbocycles. The molecule has 1 atom stereocenters. The number of halogens is 3. The van der Waals surface area contributed by atoms with E-state index in [1.807, 2.05) is 60.7 Å². The minimum absolute atomic E-state index is 0.151. The molecule has 1 fully saturated rings. The van der Waals surface area contributed by atoms with Crippen LogP contribution in [0.25, 0.3) is 5.69 Å². The Morgan fingerprint density at radius 1 is 0.958 bits per heavy atom. The van der Waals surface area contributed by atoms with Crippen molar-refractivity contribution in [2.24, 2.45) is 5.92 Å². The number of nitriles is 1. The first-order chi connectivity index (χ1) is 23.2. The van der Waals surface area contributed by atoms with Gasteiger partial charge in [-0.25, -0.2) is 4.68 Å². The number of nitrogens with zero attached hydrogens (tertiary/aromatic N) is 3. The highest BCUT2D eigenvalue weighted by atomic mass is 19.4. The van der Waals surface area contributed by atoms with Crippen molar-refractivity contribution in [3.05, 3.63) is 137 Å². The minimum Gasteiger partial charge on any atom is -0.493 e. The van der Waals surface area contributed by atoms with Crippen LogP contribution in [0.3, 0.4) is 0 Å². The molecule has 0 aliphatic heterocycles. The van der Waals surface area contributed by atoms with Gasteiger partial charge in [-0.3, -0.25) is 4.79 Å². The van der Waals surface area contributed by atoms with Crippen molar-refractivity contribution in [3.8, 4) is 23.3 Å². The second-order valence-electron chi connectivity index (χ2n) is 11.5. The molecule has 11 heteroatoms. The van der Waals surface area contributed by atoms with Gasteiger partial charge < -0.3 is 20.1 Å². The highest BCUT2D eigenvalue weighted by Gasteiger charge is 2.36. The Labute approximate surface area is 275 Å². The Bertz CT molecular complexity index is 1950. The molecule has 1 aliphatic rings. The zero-order valence-corrected chi connectivity index (χ0v) is 26.0. The van der Waals surface area contributed by atoms with Crippen LogP contribution in [-0.2, 0) is 12.8 Å². The molecular formula is C37H32F3N5O3. The van der Waals surface area contributed by atoms with Gasteiger partial charge in [0.15, 0.2) is 17.2 Å². The van der Waals surface area contributed by atoms with Crippen LogP contribution in [0.4, 0.5) is 18.9 Å². The lowest BCUT2D eigenvalue weighted by atomic mass is 9.97. The molecule has 4 aromatic carbocycles. The van der Waals surface area contributed by atoms with Gasteiger partial charge in [-0.05, 0) is 84.5 Å². The van der Waals surface area contributed by atoms with Crippen LogP contribution in [-0.4, -0.2) is 29.3 Å². The van der Waals surface area contributed by atoms with Gasteiger partial charge in [0.25, 0.3) is 5.91 Å². The molecule has 1 aromatic heterocycles. The highest BCUT2D eigenvalue weighted by molar-refractivity contribution is 6.03. The number of alkyl halides is 3. The Morgan fingerprint density at radius 3 is 2.46 bits per heavy atom. The second-order valence-corrected chi connectivity index (χ2v) is 11.5. The number of benzene rings is 4. The molecule has 1 aliphatic carbocycles. The average molecular weight is 652 g/mol. The van der Waals surface area contributed by atoms with E-state index in [1.165, 1.54) is 24.3 Å². The first-order valence-corrected chi connectivity index (χ1v) is 15.4. The quantitative estimate of drug-likeness (QED) is 0.144. The summed E-state index contributed by atoms with van der Waals surface area (Å²) >= 11 is 0. The Kier molecular flexibility index (Phi) is 9.45. The fraction of sp³-hybridized carbons (Fsp3) is 0.216. The van der Waals surface area contributed by atoms with Crippen molar-refractivity contribution in [2.75, 3.05) is 19.0 Å². The van der Waals surface area contributed by atoms with E-state index < -0.39 is 17.8 Å². The molecule has 1 unspecified atom stereocenters. The smallest absolute Gasteiger partial charge is 0.435 e. The van der Waals surface area contributed by atoms with Gasteiger partial charge in [-0.1, -0.05) is 54.6 Å². The fourth-order valence-corrected chi connectivity index (χ4v) is 5.33. The normalized spacial score (nSPS) is 13.4. The fourth-order valence-electron chi connectivity index (χ4n) is 5.33. The van der Waals surface area contributed by atoms with Gasteiger partial charge >= 0.3 is 6.18 Å². The number of amides is 1. The Morgan fingerprint density at radius 2 is 1.73 bits per heavy atom. The number of carbonyl (C=O) groups is 1. The van der Waals surface area contributed by atoms with E-state index in [1.54, 1.807) is 25.3 Å². The number of methoxy groups -OCH3 is 1. The van der Waals surface area contributed by atoms with Crippen molar-refractivity contribution in [3.63, 3.8) is 0 Å². The van der Waals surface area contributed by atoms with E-state index >= 15 is 0 Å². The van der Waals surface area contributed by atoms with Gasteiger partial charge in [-0.2, -0.15) is 23.5 Å². The molecule has 5 aromatic rings. The molecule has 0 radical (unpaired) electrons. The number of ether oxygens (including phenoxy) is 2. The molecule has 0 saturated heterocycles. The first kappa shape index (κ1) is 32.3. The van der Waals surface area contributed by atoms with Gasteiger partial charge in [0.1, 0.15) is 12.3 Å². The summed E-state index contributed by atoms with van der Waals surface area (Å²) in [7, 11) is 1.59. The third-order valence-corrected chi connectivity index (χ3v) is 8.00. The van der Waals surface area contributed by atoms with Crippen molar-refractivity contribution in [1.29, 1.82) is 5.26 Å². The van der Waals surface area contributed by atoms with Gasteiger partial charge in [0.2, 0.25) is 0 Å². The zero-order chi connectivity index (χ0) is 33.7. The number of hydrogen-bond donors (Lipinski definition) is 2. The SMILES string of the molecule is COc1ccc(C(NCC2CC2)c2cccc(NC(=O)c3cc(C(F)(F)F)nn3-c3cccc(C#N)c3)c2)cc1OCc1ccccc1. The van der Waals surface area contributed by atoms with Crippen LogP contribution in [0.5, 0.6) is 11.5 Å². The number of hydrogen-bond acceptors (Lipinski definition) is 6. The predicted molar refractivity (Wildman–Crippen MR) is 174 cm³/mol. The van der Waals surface area contributed by atoms with Crippen LogP contribution < -0.4 is 20.1 Å². The van der Waals surface area contributed by atoms with Crippen LogP contribution in [0.15, 0.2) is 103 Å². The van der Waals surface area contributed by atoms with Crippen LogP contribution in [0.2, 0.25) is 0 Å². The maximum absolute atomic E-state index is 13.7. The summed E-state index contributed by atoms with van der Waals surface area (Å²) in [5.74, 6) is 0.952. The number of nitrogens with one attached hydrogen (secondary N) is 2. The van der Waals surface area contributed by atoms with E-state index in [0.29, 0.717) is 35.8 Å². The van der Waals surface area contributed by atoms with Crippen molar-refractivity contribution >= 4 is 11.6 Å². The summed E-state index contributed by atoms with van der Waals surface area (Å²) in [6, 6.07) is 31.0. The van der Waals surface area contributed by atoms with Crippen molar-refractivity contribution < 1.29 is 27.4 Å². The maximum atomic E-state index is 13.7. The predicted octanol–water partition coefficient (Wildman–Crippen LogP) is 7.69. The van der Waals surface area contributed by atoms with Crippen LogP contribution in [0.1, 0.15) is 57.3 Å². The van der Waals surface area contributed by atoms with E-state index in [0.717, 1.165) is 40.8 Å². The number of rotatable bonds is 12. The Balaban J connectivity index is 1.29. The molecule has 48 heavy (non-hydrogen) atoms. The molecule has 244 valence electrons. The molecule has 2 N–H and O–H groups in total. The van der Waals surface area contributed by atoms with Crippen LogP contribution in [0, 0.1) is 17.2 Å². The molecule has 6 rings (SSSR count). The largest absolute Gasteiger partial charge is 0.493 e. The lowest BCUT2D eigenvalue weighted by Crippen LogP contribution is -2.25. The lowest BCUT2D eigenvalue weighted by molar-refractivity contribution is -0.141. The zero-order valence-electron chi connectivity index (χ0n) is 26.0. The molecule has 0 bridgehead atoms.